The van der Waals surface area contributed by atoms with Gasteiger partial charge in [0.1, 0.15) is 5.82 Å². The van der Waals surface area contributed by atoms with Crippen molar-refractivity contribution >= 4 is 29.0 Å². The normalized spacial score (nSPS) is 14.6. The van der Waals surface area contributed by atoms with E-state index < -0.39 is 0 Å². The van der Waals surface area contributed by atoms with Gasteiger partial charge < -0.3 is 15.0 Å². The van der Waals surface area contributed by atoms with Crippen molar-refractivity contribution in [2.24, 2.45) is 0 Å². The summed E-state index contributed by atoms with van der Waals surface area (Å²) in [5.41, 5.74) is 3.30. The van der Waals surface area contributed by atoms with E-state index in [2.05, 4.69) is 26.8 Å². The number of rotatable bonds is 3. The largest absolute Gasteiger partial charge is 0.373 e. The number of nitrogens with one attached hydrogen (secondary N) is 1. The minimum absolute atomic E-state index is 0.195. The molecule has 1 fully saturated rings. The van der Waals surface area contributed by atoms with E-state index in [-0.39, 0.29) is 5.91 Å². The van der Waals surface area contributed by atoms with Crippen LogP contribution in [0.2, 0.25) is 5.02 Å². The maximum atomic E-state index is 11.1. The second-order valence-electron chi connectivity index (χ2n) is 5.40. The first kappa shape index (κ1) is 16.4. The molecule has 0 saturated carbocycles. The molecule has 0 bridgehead atoms. The van der Waals surface area contributed by atoms with Crippen molar-refractivity contribution in [3.63, 3.8) is 0 Å². The van der Waals surface area contributed by atoms with Crippen LogP contribution in [0.1, 0.15) is 6.92 Å². The number of carbonyl (C=O) groups is 1. The summed E-state index contributed by atoms with van der Waals surface area (Å²) in [4.78, 5) is 21.8. The summed E-state index contributed by atoms with van der Waals surface area (Å²) in [6, 6.07) is 5.47. The van der Waals surface area contributed by atoms with E-state index in [0.717, 1.165) is 17.9 Å². The third kappa shape index (κ3) is 3.55. The molecule has 1 saturated heterocycles. The highest BCUT2D eigenvalue weighted by atomic mass is 35.5. The highest BCUT2D eigenvalue weighted by Gasteiger charge is 2.16. The van der Waals surface area contributed by atoms with Gasteiger partial charge in [-0.25, -0.2) is 4.98 Å². The van der Waals surface area contributed by atoms with Crippen LogP contribution in [0.4, 0.5) is 11.5 Å². The fourth-order valence-electron chi connectivity index (χ4n) is 2.47. The zero-order valence-electron chi connectivity index (χ0n) is 13.3. The molecule has 0 aromatic carbocycles. The molecule has 0 spiro atoms. The van der Waals surface area contributed by atoms with Gasteiger partial charge in [0.25, 0.3) is 0 Å². The molecule has 124 valence electrons. The van der Waals surface area contributed by atoms with Gasteiger partial charge in [0, 0.05) is 37.0 Å². The summed E-state index contributed by atoms with van der Waals surface area (Å²) in [5, 5.41) is 3.07. The topological polar surface area (TPSA) is 67.3 Å². The molecule has 6 nitrogen and oxygen atoms in total. The summed E-state index contributed by atoms with van der Waals surface area (Å²) < 4.78 is 5.36. The van der Waals surface area contributed by atoms with Gasteiger partial charge in [0.2, 0.25) is 5.91 Å². The fourth-order valence-corrected chi connectivity index (χ4v) is 2.72. The maximum absolute atomic E-state index is 11.1. The molecule has 1 aliphatic rings. The predicted molar refractivity (Wildman–Crippen MR) is 94.1 cm³/mol. The number of halogens is 1. The van der Waals surface area contributed by atoms with Gasteiger partial charge in [-0.3, -0.25) is 9.78 Å². The first-order valence-corrected chi connectivity index (χ1v) is 7.85. The third-order valence-corrected chi connectivity index (χ3v) is 3.92. The molecule has 0 atom stereocenters. The minimum Gasteiger partial charge on any atom is -0.373 e. The average molecular weight is 345 g/mol. The second-order valence-corrected chi connectivity index (χ2v) is 5.81. The number of anilines is 2. The van der Waals surface area contributed by atoms with Crippen molar-refractivity contribution in [1.82, 2.24) is 9.97 Å². The Labute approximate surface area is 145 Å². The fraction of sp³-hybridized carbons (Fsp3) is 0.235. The average Bonchev–Trinajstić information content (AvgIpc) is 2.55. The molecule has 1 N–H and O–H groups in total. The monoisotopic (exact) mass is 344 g/mol. The molecule has 0 unspecified atom stereocenters. The first-order valence-electron chi connectivity index (χ1n) is 7.47. The summed E-state index contributed by atoms with van der Waals surface area (Å²) >= 11 is 6.29. The number of nitrogens with zero attached hydrogens (tertiary/aromatic N) is 3. The molecule has 2 aromatic rings. The Kier molecular flexibility index (Phi) is 4.78. The van der Waals surface area contributed by atoms with E-state index >= 15 is 0 Å². The lowest BCUT2D eigenvalue weighted by atomic mass is 10.1. The third-order valence-electron chi connectivity index (χ3n) is 3.60. The van der Waals surface area contributed by atoms with E-state index in [0.29, 0.717) is 35.3 Å². The number of morpholine rings is 1. The molecule has 0 radical (unpaired) electrons. The number of amides is 1. The lowest BCUT2D eigenvalue weighted by molar-refractivity contribution is -0.114. The van der Waals surface area contributed by atoms with Crippen molar-refractivity contribution in [2.45, 2.75) is 6.92 Å². The lowest BCUT2D eigenvalue weighted by Gasteiger charge is -2.30. The van der Waals surface area contributed by atoms with Gasteiger partial charge in [-0.05, 0) is 12.1 Å². The summed E-state index contributed by atoms with van der Waals surface area (Å²) in [6.07, 6.45) is 3.38. The molecule has 24 heavy (non-hydrogen) atoms. The van der Waals surface area contributed by atoms with Crippen LogP contribution >= 0.6 is 11.6 Å². The highest BCUT2D eigenvalue weighted by Crippen LogP contribution is 2.29. The standard InChI is InChI=1S/C17H17ClN4O2/c1-11-10-24-6-5-22(11)13-3-4-16(19-8-13)14-9-20-17(7-15(14)18)21-12(2)23/h3-4,7-9H,1,5-6,10H2,2H3,(H,20,21,23). The Morgan fingerprint density at radius 2 is 2.21 bits per heavy atom. The van der Waals surface area contributed by atoms with Gasteiger partial charge in [0.15, 0.2) is 0 Å². The van der Waals surface area contributed by atoms with Gasteiger partial charge in [0.05, 0.1) is 35.8 Å². The molecule has 0 aliphatic carbocycles. The van der Waals surface area contributed by atoms with Crippen molar-refractivity contribution in [2.75, 3.05) is 30.0 Å². The van der Waals surface area contributed by atoms with Crippen LogP contribution in [-0.4, -0.2) is 35.6 Å². The van der Waals surface area contributed by atoms with Crippen LogP contribution in [-0.2, 0) is 9.53 Å². The Balaban J connectivity index is 1.83. The van der Waals surface area contributed by atoms with Crippen molar-refractivity contribution in [1.29, 1.82) is 0 Å². The van der Waals surface area contributed by atoms with E-state index in [1.165, 1.54) is 6.92 Å². The lowest BCUT2D eigenvalue weighted by Crippen LogP contribution is -2.33. The van der Waals surface area contributed by atoms with Gasteiger partial charge in [-0.15, -0.1) is 0 Å². The predicted octanol–water partition coefficient (Wildman–Crippen LogP) is 3.11. The second kappa shape index (κ2) is 6.98. The van der Waals surface area contributed by atoms with E-state index in [4.69, 9.17) is 16.3 Å². The first-order chi connectivity index (χ1) is 11.5. The van der Waals surface area contributed by atoms with E-state index in [1.54, 1.807) is 18.5 Å². The number of carbonyl (C=O) groups excluding carboxylic acids is 1. The zero-order chi connectivity index (χ0) is 17.1. The van der Waals surface area contributed by atoms with Crippen LogP contribution in [0, 0.1) is 0 Å². The number of hydrogen-bond donors (Lipinski definition) is 1. The van der Waals surface area contributed by atoms with Gasteiger partial charge >= 0.3 is 0 Å². The molecule has 2 aromatic heterocycles. The van der Waals surface area contributed by atoms with Crippen LogP contribution in [0.15, 0.2) is 42.9 Å². The smallest absolute Gasteiger partial charge is 0.222 e. The molecular weight excluding hydrogens is 328 g/mol. The SMILES string of the molecule is C=C1COCCN1c1ccc(-c2cnc(NC(C)=O)cc2Cl)nc1. The highest BCUT2D eigenvalue weighted by molar-refractivity contribution is 6.33. The van der Waals surface area contributed by atoms with Crippen molar-refractivity contribution < 1.29 is 9.53 Å². The van der Waals surface area contributed by atoms with Crippen LogP contribution < -0.4 is 10.2 Å². The summed E-state index contributed by atoms with van der Waals surface area (Å²) in [6.45, 7) is 7.38. The number of aromatic nitrogens is 2. The van der Waals surface area contributed by atoms with E-state index in [9.17, 15) is 4.79 Å². The molecular formula is C17H17ClN4O2. The molecule has 7 heteroatoms. The zero-order valence-corrected chi connectivity index (χ0v) is 14.0. The summed E-state index contributed by atoms with van der Waals surface area (Å²) in [7, 11) is 0. The van der Waals surface area contributed by atoms with E-state index in [1.807, 2.05) is 12.1 Å². The molecule has 1 amide bonds. The number of ether oxygens (including phenoxy) is 1. The van der Waals surface area contributed by atoms with Gasteiger partial charge in [-0.1, -0.05) is 18.2 Å². The Morgan fingerprint density at radius 3 is 2.83 bits per heavy atom. The van der Waals surface area contributed by atoms with Crippen molar-refractivity contribution in [3.8, 4) is 11.3 Å². The number of hydrogen-bond acceptors (Lipinski definition) is 5. The van der Waals surface area contributed by atoms with Crippen LogP contribution in [0.5, 0.6) is 0 Å². The Bertz CT molecular complexity index is 777. The Hall–Kier alpha value is -2.44. The Morgan fingerprint density at radius 1 is 1.38 bits per heavy atom. The summed E-state index contributed by atoms with van der Waals surface area (Å²) in [5.74, 6) is 0.219. The number of pyridine rings is 2. The quantitative estimate of drug-likeness (QED) is 0.926. The molecule has 1 aliphatic heterocycles. The van der Waals surface area contributed by atoms with Gasteiger partial charge in [-0.2, -0.15) is 0 Å². The molecule has 3 rings (SSSR count). The maximum Gasteiger partial charge on any atom is 0.222 e. The van der Waals surface area contributed by atoms with Crippen LogP contribution in [0.25, 0.3) is 11.3 Å². The molecule has 3 heterocycles. The van der Waals surface area contributed by atoms with Crippen LogP contribution in [0.3, 0.4) is 0 Å². The van der Waals surface area contributed by atoms with Crippen molar-refractivity contribution in [3.05, 3.63) is 47.9 Å². The minimum atomic E-state index is -0.195.